The molecule has 0 heterocycles. The molecule has 2 rings (SSSR count). The second kappa shape index (κ2) is 6.71. The molecule has 0 N–H and O–H groups in total. The average Bonchev–Trinajstić information content (AvgIpc) is 2.45. The van der Waals surface area contributed by atoms with Gasteiger partial charge in [0.15, 0.2) is 0 Å². The van der Waals surface area contributed by atoms with Gasteiger partial charge >= 0.3 is 0 Å². The molecule has 0 aromatic heterocycles. The lowest BCUT2D eigenvalue weighted by Crippen LogP contribution is -1.92. The van der Waals surface area contributed by atoms with Crippen molar-refractivity contribution < 1.29 is 0 Å². The molecule has 1 heteroatoms. The van der Waals surface area contributed by atoms with E-state index in [1.54, 1.807) is 0 Å². The Morgan fingerprint density at radius 2 is 1.39 bits per heavy atom. The molecule has 1 atom stereocenters. The Morgan fingerprint density at radius 3 is 2.00 bits per heavy atom. The summed E-state index contributed by atoms with van der Waals surface area (Å²) in [4.78, 5) is 0. The molecule has 0 aliphatic heterocycles. The van der Waals surface area contributed by atoms with Crippen molar-refractivity contribution >= 4 is 9.24 Å². The maximum atomic E-state index is 2.83. The van der Waals surface area contributed by atoms with Crippen LogP contribution >= 0.6 is 9.24 Å². The fraction of sp³-hybridized carbons (Fsp3) is 0.294. The minimum Gasteiger partial charge on any atom is -0.133 e. The molecule has 0 aliphatic carbocycles. The van der Waals surface area contributed by atoms with Crippen LogP contribution < -0.4 is 0 Å². The third kappa shape index (κ3) is 3.00. The van der Waals surface area contributed by atoms with Gasteiger partial charge in [0.2, 0.25) is 0 Å². The molecule has 0 radical (unpaired) electrons. The first kappa shape index (κ1) is 13.3. The predicted octanol–water partition coefficient (Wildman–Crippen LogP) is 5.07. The number of unbranched alkanes of at least 4 members (excludes halogenated alkanes) is 1. The fourth-order valence-corrected chi connectivity index (χ4v) is 2.69. The first-order valence-corrected chi connectivity index (χ1v) is 7.54. The maximum Gasteiger partial charge on any atom is -0.0122 e. The first-order valence-electron chi connectivity index (χ1n) is 6.73. The zero-order valence-electron chi connectivity index (χ0n) is 11.0. The number of rotatable bonds is 5. The monoisotopic (exact) mass is 256 g/mol. The fourth-order valence-electron chi connectivity index (χ4n) is 2.33. The Balaban J connectivity index is 2.43. The van der Waals surface area contributed by atoms with Crippen LogP contribution in [0.15, 0.2) is 48.5 Å². The topological polar surface area (TPSA) is 0 Å². The van der Waals surface area contributed by atoms with Crippen LogP contribution in [0.4, 0.5) is 0 Å². The molecule has 0 spiro atoms. The Labute approximate surface area is 113 Å². The van der Waals surface area contributed by atoms with Crippen molar-refractivity contribution in [2.45, 2.75) is 32.3 Å². The number of hydrogen-bond acceptors (Lipinski definition) is 0. The summed E-state index contributed by atoms with van der Waals surface area (Å²) >= 11 is 0. The van der Waals surface area contributed by atoms with Gasteiger partial charge in [0.25, 0.3) is 0 Å². The molecule has 94 valence electrons. The van der Waals surface area contributed by atoms with E-state index in [2.05, 4.69) is 64.7 Å². The predicted molar refractivity (Wildman–Crippen MR) is 83.9 cm³/mol. The summed E-state index contributed by atoms with van der Waals surface area (Å²) in [5.74, 6) is 0. The quantitative estimate of drug-likeness (QED) is 0.655. The summed E-state index contributed by atoms with van der Waals surface area (Å²) < 4.78 is 0. The number of hydrogen-bond donors (Lipinski definition) is 0. The van der Waals surface area contributed by atoms with E-state index >= 15 is 0 Å². The van der Waals surface area contributed by atoms with E-state index in [9.17, 15) is 0 Å². The minimum atomic E-state index is 1.01. The Hall–Kier alpha value is -1.13. The molecular weight excluding hydrogens is 235 g/mol. The summed E-state index contributed by atoms with van der Waals surface area (Å²) in [6.07, 6.45) is 4.70. The van der Waals surface area contributed by atoms with Crippen LogP contribution in [-0.2, 0) is 12.6 Å². The molecule has 0 saturated carbocycles. The third-order valence-corrected chi connectivity index (χ3v) is 3.78. The lowest BCUT2D eigenvalue weighted by atomic mass is 9.93. The van der Waals surface area contributed by atoms with E-state index in [0.29, 0.717) is 0 Å². The standard InChI is InChI=1S/C17H21P/c1-2-3-8-14-9-4-6-11-16(14)17-12-7-5-10-15(17)13-18/h4-7,9-12H,2-3,8,13,18H2,1H3. The molecule has 0 fully saturated rings. The average molecular weight is 256 g/mol. The van der Waals surface area contributed by atoms with Gasteiger partial charge in [0.05, 0.1) is 0 Å². The molecular formula is C17H21P. The molecule has 1 unspecified atom stereocenters. The summed E-state index contributed by atoms with van der Waals surface area (Å²) in [7, 11) is 2.83. The SMILES string of the molecule is CCCCc1ccccc1-c1ccccc1CP. The highest BCUT2D eigenvalue weighted by molar-refractivity contribution is 7.15. The van der Waals surface area contributed by atoms with Gasteiger partial charge in [-0.1, -0.05) is 61.9 Å². The minimum absolute atomic E-state index is 1.01. The first-order chi connectivity index (χ1) is 8.86. The summed E-state index contributed by atoms with van der Waals surface area (Å²) in [5.41, 5.74) is 5.68. The van der Waals surface area contributed by atoms with Crippen LogP contribution in [0.25, 0.3) is 11.1 Å². The molecule has 2 aromatic carbocycles. The van der Waals surface area contributed by atoms with Crippen LogP contribution in [0.3, 0.4) is 0 Å². The van der Waals surface area contributed by atoms with Crippen LogP contribution in [0.5, 0.6) is 0 Å². The van der Waals surface area contributed by atoms with Crippen LogP contribution in [0.2, 0.25) is 0 Å². The molecule has 0 aliphatic rings. The molecule has 0 bridgehead atoms. The zero-order chi connectivity index (χ0) is 12.8. The normalized spacial score (nSPS) is 10.6. The van der Waals surface area contributed by atoms with Gasteiger partial charge in [0.1, 0.15) is 0 Å². The van der Waals surface area contributed by atoms with E-state index < -0.39 is 0 Å². The van der Waals surface area contributed by atoms with Crippen molar-refractivity contribution in [2.75, 3.05) is 0 Å². The molecule has 0 amide bonds. The van der Waals surface area contributed by atoms with Gasteiger partial charge in [0, 0.05) is 0 Å². The van der Waals surface area contributed by atoms with Gasteiger partial charge in [-0.05, 0) is 41.3 Å². The van der Waals surface area contributed by atoms with Gasteiger partial charge in [-0.3, -0.25) is 0 Å². The number of benzene rings is 2. The molecule has 0 nitrogen and oxygen atoms in total. The van der Waals surface area contributed by atoms with Crippen molar-refractivity contribution in [3.05, 3.63) is 59.7 Å². The van der Waals surface area contributed by atoms with Crippen molar-refractivity contribution in [1.82, 2.24) is 0 Å². The summed E-state index contributed by atoms with van der Waals surface area (Å²) in [6, 6.07) is 17.5. The third-order valence-electron chi connectivity index (χ3n) is 3.34. The maximum absolute atomic E-state index is 2.83. The Kier molecular flexibility index (Phi) is 4.96. The Bertz CT molecular complexity index is 502. The summed E-state index contributed by atoms with van der Waals surface area (Å²) in [5, 5.41) is 0. The van der Waals surface area contributed by atoms with Crippen LogP contribution in [0, 0.1) is 0 Å². The van der Waals surface area contributed by atoms with E-state index in [-0.39, 0.29) is 0 Å². The van der Waals surface area contributed by atoms with Crippen molar-refractivity contribution in [3.8, 4) is 11.1 Å². The van der Waals surface area contributed by atoms with Crippen molar-refractivity contribution in [1.29, 1.82) is 0 Å². The highest BCUT2D eigenvalue weighted by atomic mass is 31.0. The molecule has 18 heavy (non-hydrogen) atoms. The van der Waals surface area contributed by atoms with Crippen LogP contribution in [-0.4, -0.2) is 0 Å². The van der Waals surface area contributed by atoms with Crippen LogP contribution in [0.1, 0.15) is 30.9 Å². The van der Waals surface area contributed by atoms with E-state index in [4.69, 9.17) is 0 Å². The van der Waals surface area contributed by atoms with Crippen molar-refractivity contribution in [3.63, 3.8) is 0 Å². The molecule has 2 aromatic rings. The van der Waals surface area contributed by atoms with Gasteiger partial charge < -0.3 is 0 Å². The molecule has 0 saturated heterocycles. The van der Waals surface area contributed by atoms with Gasteiger partial charge in [-0.25, -0.2) is 0 Å². The Morgan fingerprint density at radius 1 is 0.833 bits per heavy atom. The van der Waals surface area contributed by atoms with E-state index in [1.807, 2.05) is 0 Å². The van der Waals surface area contributed by atoms with Crippen molar-refractivity contribution in [2.24, 2.45) is 0 Å². The second-order valence-corrected chi connectivity index (χ2v) is 5.03. The lowest BCUT2D eigenvalue weighted by Gasteiger charge is -2.12. The van der Waals surface area contributed by atoms with E-state index in [0.717, 1.165) is 6.16 Å². The highest BCUT2D eigenvalue weighted by Gasteiger charge is 2.07. The van der Waals surface area contributed by atoms with Gasteiger partial charge in [-0.2, -0.15) is 0 Å². The second-order valence-electron chi connectivity index (χ2n) is 4.62. The largest absolute Gasteiger partial charge is 0.133 e. The number of aryl methyl sites for hydroxylation is 1. The lowest BCUT2D eigenvalue weighted by molar-refractivity contribution is 0.796. The van der Waals surface area contributed by atoms with E-state index in [1.165, 1.54) is 41.5 Å². The van der Waals surface area contributed by atoms with Gasteiger partial charge in [-0.15, -0.1) is 9.24 Å². The smallest absolute Gasteiger partial charge is 0.0122 e. The highest BCUT2D eigenvalue weighted by Crippen LogP contribution is 2.29. The summed E-state index contributed by atoms with van der Waals surface area (Å²) in [6.45, 7) is 2.25. The zero-order valence-corrected chi connectivity index (χ0v) is 12.2.